The number of fused-ring (bicyclic) bond motifs is 1. The van der Waals surface area contributed by atoms with Gasteiger partial charge in [-0.25, -0.2) is 4.98 Å². The number of likely N-dealkylation sites (tertiary alicyclic amines) is 1. The summed E-state index contributed by atoms with van der Waals surface area (Å²) >= 11 is 1.73. The van der Waals surface area contributed by atoms with Crippen molar-refractivity contribution in [3.8, 4) is 0 Å². The number of hydrogen-bond donors (Lipinski definition) is 1. The van der Waals surface area contributed by atoms with Gasteiger partial charge < -0.3 is 4.90 Å². The van der Waals surface area contributed by atoms with E-state index in [-0.39, 0.29) is 5.91 Å². The zero-order chi connectivity index (χ0) is 17.7. The predicted octanol–water partition coefficient (Wildman–Crippen LogP) is 2.48. The molecule has 1 N–H and O–H groups in total. The third-order valence-electron chi connectivity index (χ3n) is 6.60. The van der Waals surface area contributed by atoms with E-state index in [2.05, 4.69) is 27.1 Å². The van der Waals surface area contributed by atoms with E-state index < -0.39 is 0 Å². The molecule has 1 spiro atoms. The molecule has 0 bridgehead atoms. The van der Waals surface area contributed by atoms with E-state index in [1.807, 2.05) is 16.5 Å². The maximum absolute atomic E-state index is 12.9. The van der Waals surface area contributed by atoms with Crippen molar-refractivity contribution < 1.29 is 4.79 Å². The number of hydrogen-bond acceptors (Lipinski definition) is 5. The molecule has 6 nitrogen and oxygen atoms in total. The summed E-state index contributed by atoms with van der Waals surface area (Å²) < 4.78 is 0. The van der Waals surface area contributed by atoms with Crippen LogP contribution in [0.5, 0.6) is 0 Å². The van der Waals surface area contributed by atoms with Gasteiger partial charge in [0.1, 0.15) is 5.01 Å². The second-order valence-corrected chi connectivity index (χ2v) is 9.08. The largest absolute Gasteiger partial charge is 0.337 e. The van der Waals surface area contributed by atoms with E-state index in [0.717, 1.165) is 51.7 Å². The fourth-order valence-electron chi connectivity index (χ4n) is 4.94. The number of carbonyl (C=O) groups is 1. The lowest BCUT2D eigenvalue weighted by molar-refractivity contribution is 0.0650. The summed E-state index contributed by atoms with van der Waals surface area (Å²) in [5, 5.41) is 10.6. The van der Waals surface area contributed by atoms with Gasteiger partial charge in [0.25, 0.3) is 5.91 Å². The molecule has 26 heavy (non-hydrogen) atoms. The molecule has 2 aromatic rings. The van der Waals surface area contributed by atoms with Crippen molar-refractivity contribution in [2.45, 2.75) is 51.1 Å². The Bertz CT molecular complexity index is 806. The number of nitrogens with one attached hydrogen (secondary N) is 1. The predicted molar refractivity (Wildman–Crippen MR) is 100 cm³/mol. The first-order valence-corrected chi connectivity index (χ1v) is 10.5. The summed E-state index contributed by atoms with van der Waals surface area (Å²) in [4.78, 5) is 21.8. The molecule has 5 rings (SSSR count). The molecule has 2 fully saturated rings. The molecule has 1 saturated heterocycles. The zero-order valence-electron chi connectivity index (χ0n) is 15.2. The highest BCUT2D eigenvalue weighted by molar-refractivity contribution is 7.09. The molecule has 1 atom stereocenters. The first kappa shape index (κ1) is 16.4. The Hall–Kier alpha value is -1.73. The molecule has 0 unspecified atom stereocenters. The van der Waals surface area contributed by atoms with Crippen molar-refractivity contribution in [2.75, 3.05) is 20.1 Å². The van der Waals surface area contributed by atoms with Crippen LogP contribution in [0.2, 0.25) is 0 Å². The molecule has 2 aliphatic carbocycles. The van der Waals surface area contributed by atoms with Gasteiger partial charge in [-0.15, -0.1) is 11.3 Å². The Balaban J connectivity index is 1.20. The van der Waals surface area contributed by atoms with Crippen molar-refractivity contribution >= 4 is 17.2 Å². The third-order valence-corrected chi connectivity index (χ3v) is 7.37. The standard InChI is InChI=1S/C19H25N5OS/c1-23(12-16-20-7-10-26-16)15-11-19(15)5-8-24(9-6-19)18(25)17-13-3-2-4-14(13)21-22-17/h7,10,15H,2-6,8-9,11-12H2,1H3,(H,21,22)/t15-/m0/s1. The van der Waals surface area contributed by atoms with Crippen molar-refractivity contribution in [3.63, 3.8) is 0 Å². The van der Waals surface area contributed by atoms with Gasteiger partial charge in [0.05, 0.1) is 6.54 Å². The minimum Gasteiger partial charge on any atom is -0.337 e. The summed E-state index contributed by atoms with van der Waals surface area (Å²) in [7, 11) is 2.21. The number of aromatic amines is 1. The van der Waals surface area contributed by atoms with Gasteiger partial charge in [0.2, 0.25) is 0 Å². The van der Waals surface area contributed by atoms with Gasteiger partial charge >= 0.3 is 0 Å². The highest BCUT2D eigenvalue weighted by atomic mass is 32.1. The van der Waals surface area contributed by atoms with E-state index in [0.29, 0.717) is 17.2 Å². The molecule has 3 heterocycles. The first-order valence-electron chi connectivity index (χ1n) is 9.60. The van der Waals surface area contributed by atoms with Gasteiger partial charge in [0, 0.05) is 42.0 Å². The topological polar surface area (TPSA) is 65.1 Å². The maximum Gasteiger partial charge on any atom is 0.274 e. The normalized spacial score (nSPS) is 23.6. The van der Waals surface area contributed by atoms with Gasteiger partial charge in [0.15, 0.2) is 5.69 Å². The van der Waals surface area contributed by atoms with E-state index in [9.17, 15) is 4.79 Å². The first-order chi connectivity index (χ1) is 12.7. The molecule has 7 heteroatoms. The highest BCUT2D eigenvalue weighted by Gasteiger charge is 2.57. The van der Waals surface area contributed by atoms with Crippen molar-refractivity contribution in [2.24, 2.45) is 5.41 Å². The Morgan fingerprint density at radius 1 is 1.42 bits per heavy atom. The van der Waals surface area contributed by atoms with Gasteiger partial charge in [-0.2, -0.15) is 5.10 Å². The quantitative estimate of drug-likeness (QED) is 0.897. The molecule has 1 aliphatic heterocycles. The number of piperidine rings is 1. The van der Waals surface area contributed by atoms with Crippen molar-refractivity contribution in [3.05, 3.63) is 33.5 Å². The summed E-state index contributed by atoms with van der Waals surface area (Å²) in [5.41, 5.74) is 3.44. The van der Waals surface area contributed by atoms with Gasteiger partial charge in [-0.05, 0) is 51.0 Å². The van der Waals surface area contributed by atoms with Crippen LogP contribution >= 0.6 is 11.3 Å². The second-order valence-electron chi connectivity index (χ2n) is 8.10. The van der Waals surface area contributed by atoms with Crippen LogP contribution in [0, 0.1) is 5.41 Å². The van der Waals surface area contributed by atoms with Crippen LogP contribution in [-0.2, 0) is 19.4 Å². The van der Waals surface area contributed by atoms with E-state index >= 15 is 0 Å². The van der Waals surface area contributed by atoms with Crippen LogP contribution in [-0.4, -0.2) is 57.1 Å². The molecular formula is C19H25N5OS. The number of aryl methyl sites for hydroxylation is 1. The van der Waals surface area contributed by atoms with Crippen LogP contribution in [0.1, 0.15) is 52.4 Å². The van der Waals surface area contributed by atoms with Crippen LogP contribution in [0.25, 0.3) is 0 Å². The fraction of sp³-hybridized carbons (Fsp3) is 0.632. The average Bonchev–Trinajstić information content (AvgIpc) is 3.09. The molecule has 1 amide bonds. The van der Waals surface area contributed by atoms with Crippen LogP contribution < -0.4 is 0 Å². The Morgan fingerprint density at radius 3 is 3.04 bits per heavy atom. The smallest absolute Gasteiger partial charge is 0.274 e. The third kappa shape index (κ3) is 2.68. The molecule has 138 valence electrons. The lowest BCUT2D eigenvalue weighted by atomic mass is 9.92. The molecule has 0 radical (unpaired) electrons. The maximum atomic E-state index is 12.9. The molecule has 1 saturated carbocycles. The summed E-state index contributed by atoms with van der Waals surface area (Å²) in [6, 6.07) is 0.637. The summed E-state index contributed by atoms with van der Waals surface area (Å²) in [5.74, 6) is 0.132. The van der Waals surface area contributed by atoms with Crippen LogP contribution in [0.3, 0.4) is 0 Å². The van der Waals surface area contributed by atoms with E-state index in [4.69, 9.17) is 0 Å². The number of H-pyrrole nitrogens is 1. The SMILES string of the molecule is CN(Cc1nccs1)[C@H]1CC12CCN(C(=O)c1n[nH]c3c1CCC3)CC2. The van der Waals surface area contributed by atoms with Crippen molar-refractivity contribution in [1.29, 1.82) is 0 Å². The minimum absolute atomic E-state index is 0.132. The van der Waals surface area contributed by atoms with Gasteiger partial charge in [-0.1, -0.05) is 0 Å². The van der Waals surface area contributed by atoms with Gasteiger partial charge in [-0.3, -0.25) is 14.8 Å². The lowest BCUT2D eigenvalue weighted by Crippen LogP contribution is -2.41. The Labute approximate surface area is 157 Å². The highest BCUT2D eigenvalue weighted by Crippen LogP contribution is 2.56. The van der Waals surface area contributed by atoms with Crippen LogP contribution in [0.15, 0.2) is 11.6 Å². The zero-order valence-corrected chi connectivity index (χ0v) is 16.0. The molecule has 0 aromatic carbocycles. The fourth-order valence-corrected chi connectivity index (χ4v) is 5.62. The number of aromatic nitrogens is 3. The molecular weight excluding hydrogens is 346 g/mol. The number of nitrogens with zero attached hydrogens (tertiary/aromatic N) is 4. The van der Waals surface area contributed by atoms with E-state index in [1.54, 1.807) is 11.3 Å². The number of thiazole rings is 1. The van der Waals surface area contributed by atoms with E-state index in [1.165, 1.54) is 22.7 Å². The average molecular weight is 372 g/mol. The van der Waals surface area contributed by atoms with Crippen molar-refractivity contribution in [1.82, 2.24) is 25.0 Å². The number of rotatable bonds is 4. The second kappa shape index (κ2) is 6.16. The lowest BCUT2D eigenvalue weighted by Gasteiger charge is -2.34. The summed E-state index contributed by atoms with van der Waals surface area (Å²) in [6.45, 7) is 2.66. The van der Waals surface area contributed by atoms with Crippen LogP contribution in [0.4, 0.5) is 0 Å². The summed E-state index contributed by atoms with van der Waals surface area (Å²) in [6.07, 6.45) is 8.53. The number of amides is 1. The minimum atomic E-state index is 0.132. The Morgan fingerprint density at radius 2 is 2.27 bits per heavy atom. The number of carbonyl (C=O) groups excluding carboxylic acids is 1. The molecule has 2 aromatic heterocycles. The molecule has 3 aliphatic rings. The Kier molecular flexibility index (Phi) is 3.90. The monoisotopic (exact) mass is 371 g/mol.